The molecular formula is C18H18FN5O3. The smallest absolute Gasteiger partial charge is 0.256 e. The van der Waals surface area contributed by atoms with Crippen molar-refractivity contribution < 1.29 is 19.0 Å². The number of benzene rings is 1. The Bertz CT molecular complexity index is 964. The Kier molecular flexibility index (Phi) is 4.54. The molecule has 0 radical (unpaired) electrons. The highest BCUT2D eigenvalue weighted by Crippen LogP contribution is 2.37. The molecular weight excluding hydrogens is 353 g/mol. The number of aromatic nitrogens is 4. The van der Waals surface area contributed by atoms with Crippen molar-refractivity contribution in [3.05, 3.63) is 48.5 Å². The fraction of sp³-hybridized carbons (Fsp3) is 0.333. The molecule has 1 aliphatic rings. The Morgan fingerprint density at radius 3 is 2.78 bits per heavy atom. The van der Waals surface area contributed by atoms with Crippen molar-refractivity contribution in [2.24, 2.45) is 5.92 Å². The van der Waals surface area contributed by atoms with E-state index in [1.807, 2.05) is 6.07 Å². The van der Waals surface area contributed by atoms with Crippen LogP contribution in [0, 0.1) is 5.92 Å². The van der Waals surface area contributed by atoms with E-state index in [4.69, 9.17) is 4.74 Å². The number of anilines is 1. The van der Waals surface area contributed by atoms with Crippen LogP contribution in [0.15, 0.2) is 43.0 Å². The minimum atomic E-state index is -1.32. The van der Waals surface area contributed by atoms with E-state index >= 15 is 0 Å². The minimum Gasteiger partial charge on any atom is -0.394 e. The van der Waals surface area contributed by atoms with Crippen LogP contribution in [0.4, 0.5) is 10.2 Å². The Balaban J connectivity index is 1.65. The molecule has 27 heavy (non-hydrogen) atoms. The van der Waals surface area contributed by atoms with Gasteiger partial charge >= 0.3 is 0 Å². The van der Waals surface area contributed by atoms with E-state index in [-0.39, 0.29) is 18.3 Å². The average Bonchev–Trinajstić information content (AvgIpc) is 3.25. The third-order valence-corrected chi connectivity index (χ3v) is 4.76. The van der Waals surface area contributed by atoms with Crippen LogP contribution in [0.3, 0.4) is 0 Å². The highest BCUT2D eigenvalue weighted by molar-refractivity contribution is 6.06. The van der Waals surface area contributed by atoms with Crippen LogP contribution in [0.5, 0.6) is 0 Å². The number of hydrogen-bond acceptors (Lipinski definition) is 6. The summed E-state index contributed by atoms with van der Waals surface area (Å²) in [6.45, 7) is 1.42. The van der Waals surface area contributed by atoms with Crippen LogP contribution in [-0.4, -0.2) is 49.4 Å². The van der Waals surface area contributed by atoms with E-state index in [2.05, 4.69) is 20.3 Å². The predicted molar refractivity (Wildman–Crippen MR) is 94.8 cm³/mol. The van der Waals surface area contributed by atoms with Crippen molar-refractivity contribution in [3.8, 4) is 0 Å². The molecule has 3 heterocycles. The number of alkyl halides is 1. The molecule has 0 saturated carbocycles. The van der Waals surface area contributed by atoms with E-state index in [9.17, 15) is 14.3 Å². The fourth-order valence-corrected chi connectivity index (χ4v) is 3.17. The lowest BCUT2D eigenvalue weighted by Gasteiger charge is -2.15. The molecule has 4 atom stereocenters. The average molecular weight is 371 g/mol. The maximum atomic E-state index is 14.6. The number of fused-ring (bicyclic) bond motifs is 1. The van der Waals surface area contributed by atoms with Gasteiger partial charge in [0.05, 0.1) is 19.0 Å². The van der Waals surface area contributed by atoms with Gasteiger partial charge in [0, 0.05) is 11.5 Å². The van der Waals surface area contributed by atoms with E-state index in [1.54, 1.807) is 31.2 Å². The number of nitrogens with one attached hydrogen (secondary N) is 1. The van der Waals surface area contributed by atoms with Crippen molar-refractivity contribution in [2.45, 2.75) is 25.4 Å². The van der Waals surface area contributed by atoms with Gasteiger partial charge in [-0.25, -0.2) is 19.3 Å². The standard InChI is InChI=1S/C18H18FN5O3/c1-10-12(7-25)27-18(13(10)19)24-9-22-14-15(20-8-21-16(14)24)23-17(26)11-5-3-2-4-6-11/h2-6,8-10,12-13,18,25H,7H2,1H3,(H,20,21,23,26)/t10?,12-,13+,18-/m1/s1. The first-order valence-corrected chi connectivity index (χ1v) is 8.54. The first-order valence-electron chi connectivity index (χ1n) is 8.54. The quantitative estimate of drug-likeness (QED) is 0.727. The highest BCUT2D eigenvalue weighted by Gasteiger charge is 2.43. The van der Waals surface area contributed by atoms with Gasteiger partial charge in [0.1, 0.15) is 6.33 Å². The number of carbonyl (C=O) groups is 1. The van der Waals surface area contributed by atoms with Gasteiger partial charge < -0.3 is 15.2 Å². The minimum absolute atomic E-state index is 0.229. The summed E-state index contributed by atoms with van der Waals surface area (Å²) in [6, 6.07) is 8.70. The lowest BCUT2D eigenvalue weighted by atomic mass is 10.0. The molecule has 1 amide bonds. The number of amides is 1. The van der Waals surface area contributed by atoms with Crippen LogP contribution in [-0.2, 0) is 4.74 Å². The van der Waals surface area contributed by atoms with Gasteiger partial charge in [-0.1, -0.05) is 25.1 Å². The summed E-state index contributed by atoms with van der Waals surface area (Å²) >= 11 is 0. The van der Waals surface area contributed by atoms with E-state index in [0.717, 1.165) is 0 Å². The number of imidazole rings is 1. The largest absolute Gasteiger partial charge is 0.394 e. The predicted octanol–water partition coefficient (Wildman–Crippen LogP) is 1.94. The van der Waals surface area contributed by atoms with Gasteiger partial charge in [0.2, 0.25) is 0 Å². The van der Waals surface area contributed by atoms with Gasteiger partial charge in [0.25, 0.3) is 5.91 Å². The van der Waals surface area contributed by atoms with Gasteiger partial charge in [-0.15, -0.1) is 0 Å². The summed E-state index contributed by atoms with van der Waals surface area (Å²) in [7, 11) is 0. The second-order valence-corrected chi connectivity index (χ2v) is 6.42. The lowest BCUT2D eigenvalue weighted by molar-refractivity contribution is -0.0378. The van der Waals surface area contributed by atoms with Crippen LogP contribution in [0.1, 0.15) is 23.5 Å². The second kappa shape index (κ2) is 7.01. The first-order chi connectivity index (χ1) is 13.1. The summed E-state index contributed by atoms with van der Waals surface area (Å²) in [5.41, 5.74) is 1.15. The number of halogens is 1. The number of carbonyl (C=O) groups excluding carboxylic acids is 1. The van der Waals surface area contributed by atoms with E-state index in [0.29, 0.717) is 16.7 Å². The van der Waals surface area contributed by atoms with Crippen molar-refractivity contribution in [3.63, 3.8) is 0 Å². The van der Waals surface area contributed by atoms with Crippen LogP contribution >= 0.6 is 0 Å². The van der Waals surface area contributed by atoms with Crippen molar-refractivity contribution in [1.29, 1.82) is 0 Å². The molecule has 4 rings (SSSR count). The monoisotopic (exact) mass is 371 g/mol. The van der Waals surface area contributed by atoms with Gasteiger partial charge in [-0.05, 0) is 12.1 Å². The van der Waals surface area contributed by atoms with Crippen molar-refractivity contribution in [2.75, 3.05) is 11.9 Å². The second-order valence-electron chi connectivity index (χ2n) is 6.42. The van der Waals surface area contributed by atoms with Gasteiger partial charge in [-0.3, -0.25) is 9.36 Å². The summed E-state index contributed by atoms with van der Waals surface area (Å²) in [5.74, 6) is -0.566. The normalized spacial score (nSPS) is 25.0. The molecule has 0 bridgehead atoms. The lowest BCUT2D eigenvalue weighted by Crippen LogP contribution is -2.21. The van der Waals surface area contributed by atoms with Crippen LogP contribution in [0.25, 0.3) is 11.2 Å². The Morgan fingerprint density at radius 2 is 2.07 bits per heavy atom. The number of ether oxygens (including phenoxy) is 1. The number of hydrogen-bond donors (Lipinski definition) is 2. The topological polar surface area (TPSA) is 102 Å². The zero-order valence-corrected chi connectivity index (χ0v) is 14.5. The Labute approximate surface area is 154 Å². The van der Waals surface area contributed by atoms with Crippen LogP contribution < -0.4 is 5.32 Å². The fourth-order valence-electron chi connectivity index (χ4n) is 3.17. The molecule has 1 saturated heterocycles. The molecule has 2 N–H and O–H groups in total. The van der Waals surface area contributed by atoms with Gasteiger partial charge in [0.15, 0.2) is 29.4 Å². The molecule has 1 aliphatic heterocycles. The molecule has 8 nitrogen and oxygen atoms in total. The molecule has 0 spiro atoms. The van der Waals surface area contributed by atoms with Gasteiger partial charge in [-0.2, -0.15) is 0 Å². The Hall–Kier alpha value is -2.91. The SMILES string of the molecule is CC1[C@@H](CO)O[C@@H](n2cnc3c(NC(=O)c4ccccc4)ncnc32)[C@H]1F. The number of aliphatic hydroxyl groups is 1. The number of nitrogens with zero attached hydrogens (tertiary/aromatic N) is 4. The number of aliphatic hydroxyl groups excluding tert-OH is 1. The molecule has 9 heteroatoms. The molecule has 1 unspecified atom stereocenters. The van der Waals surface area contributed by atoms with E-state index in [1.165, 1.54) is 17.2 Å². The molecule has 2 aromatic heterocycles. The van der Waals surface area contributed by atoms with Crippen LogP contribution in [0.2, 0.25) is 0 Å². The zero-order valence-electron chi connectivity index (χ0n) is 14.5. The van der Waals surface area contributed by atoms with E-state index < -0.39 is 24.4 Å². The Morgan fingerprint density at radius 1 is 1.30 bits per heavy atom. The molecule has 1 aromatic carbocycles. The third-order valence-electron chi connectivity index (χ3n) is 4.76. The molecule has 3 aromatic rings. The summed E-state index contributed by atoms with van der Waals surface area (Å²) in [5, 5.41) is 12.0. The molecule has 0 aliphatic carbocycles. The molecule has 1 fully saturated rings. The maximum Gasteiger partial charge on any atom is 0.256 e. The summed E-state index contributed by atoms with van der Waals surface area (Å²) in [6.07, 6.45) is -0.189. The third kappa shape index (κ3) is 3.04. The summed E-state index contributed by atoms with van der Waals surface area (Å²) in [4.78, 5) is 24.9. The van der Waals surface area contributed by atoms with Crippen molar-refractivity contribution >= 4 is 22.9 Å². The number of rotatable bonds is 4. The van der Waals surface area contributed by atoms with Crippen molar-refractivity contribution in [1.82, 2.24) is 19.5 Å². The molecule has 140 valence electrons. The zero-order chi connectivity index (χ0) is 19.0. The maximum absolute atomic E-state index is 14.6. The summed E-state index contributed by atoms with van der Waals surface area (Å²) < 4.78 is 21.7. The first kappa shape index (κ1) is 17.5. The highest BCUT2D eigenvalue weighted by atomic mass is 19.1.